The van der Waals surface area contributed by atoms with E-state index in [1.165, 1.54) is 18.4 Å². The van der Waals surface area contributed by atoms with Gasteiger partial charge in [0.15, 0.2) is 0 Å². The zero-order chi connectivity index (χ0) is 13.8. The summed E-state index contributed by atoms with van der Waals surface area (Å²) in [5, 5.41) is 0. The summed E-state index contributed by atoms with van der Waals surface area (Å²) in [6.07, 6.45) is 4.71. The smallest absolute Gasteiger partial charge is 0.0593 e. The fourth-order valence-corrected chi connectivity index (χ4v) is 3.72. The summed E-state index contributed by atoms with van der Waals surface area (Å²) in [5.74, 6) is 0.671. The molecule has 0 spiro atoms. The highest BCUT2D eigenvalue weighted by molar-refractivity contribution is 5.21. The van der Waals surface area contributed by atoms with Crippen molar-refractivity contribution < 1.29 is 4.74 Å². The Morgan fingerprint density at radius 3 is 2.75 bits per heavy atom. The van der Waals surface area contributed by atoms with Crippen LogP contribution in [0, 0.1) is 0 Å². The van der Waals surface area contributed by atoms with Gasteiger partial charge in [-0.3, -0.25) is 4.90 Å². The van der Waals surface area contributed by atoms with Gasteiger partial charge >= 0.3 is 0 Å². The van der Waals surface area contributed by atoms with Gasteiger partial charge in [-0.2, -0.15) is 0 Å². The summed E-state index contributed by atoms with van der Waals surface area (Å²) in [6.45, 7) is 3.94. The maximum absolute atomic E-state index is 6.42. The summed E-state index contributed by atoms with van der Waals surface area (Å²) in [6, 6.07) is 11.8. The number of hydrogen-bond donors (Lipinski definition) is 1. The van der Waals surface area contributed by atoms with Gasteiger partial charge in [0, 0.05) is 31.8 Å². The van der Waals surface area contributed by atoms with Crippen LogP contribution in [0.3, 0.4) is 0 Å². The Balaban J connectivity index is 1.69. The summed E-state index contributed by atoms with van der Waals surface area (Å²) in [4.78, 5) is 2.58. The van der Waals surface area contributed by atoms with Crippen LogP contribution in [0.5, 0.6) is 0 Å². The highest BCUT2D eigenvalue weighted by Crippen LogP contribution is 2.34. The first kappa shape index (κ1) is 14.1. The minimum atomic E-state index is 0.327. The molecule has 2 fully saturated rings. The van der Waals surface area contributed by atoms with Crippen molar-refractivity contribution in [1.29, 1.82) is 0 Å². The molecular weight excluding hydrogens is 248 g/mol. The van der Waals surface area contributed by atoms with Gasteiger partial charge in [-0.15, -0.1) is 0 Å². The molecular formula is C17H26N2O. The minimum Gasteiger partial charge on any atom is -0.380 e. The van der Waals surface area contributed by atoms with Crippen LogP contribution >= 0.6 is 0 Å². The Morgan fingerprint density at radius 2 is 1.90 bits per heavy atom. The van der Waals surface area contributed by atoms with Gasteiger partial charge in [0.1, 0.15) is 0 Å². The molecule has 0 radical (unpaired) electrons. The molecule has 1 heterocycles. The zero-order valence-electron chi connectivity index (χ0n) is 12.2. The number of hydrogen-bond acceptors (Lipinski definition) is 3. The van der Waals surface area contributed by atoms with E-state index in [0.717, 1.165) is 39.1 Å². The molecule has 2 aliphatic rings. The Labute approximate surface area is 122 Å². The number of ether oxygens (including phenoxy) is 1. The fraction of sp³-hybridized carbons (Fsp3) is 0.647. The summed E-state index contributed by atoms with van der Waals surface area (Å²) in [5.41, 5.74) is 7.90. The van der Waals surface area contributed by atoms with Crippen molar-refractivity contribution >= 4 is 0 Å². The van der Waals surface area contributed by atoms with Crippen molar-refractivity contribution in [1.82, 2.24) is 4.90 Å². The van der Waals surface area contributed by atoms with E-state index in [1.807, 2.05) is 0 Å². The topological polar surface area (TPSA) is 38.5 Å². The lowest BCUT2D eigenvalue weighted by Gasteiger charge is -2.41. The molecule has 3 unspecified atom stereocenters. The van der Waals surface area contributed by atoms with E-state index >= 15 is 0 Å². The molecule has 3 heteroatoms. The van der Waals surface area contributed by atoms with Gasteiger partial charge in [-0.1, -0.05) is 30.3 Å². The second kappa shape index (κ2) is 6.70. The van der Waals surface area contributed by atoms with Crippen LogP contribution in [0.1, 0.15) is 37.2 Å². The Kier molecular flexibility index (Phi) is 4.71. The van der Waals surface area contributed by atoms with Crippen LogP contribution in [-0.4, -0.2) is 43.3 Å². The molecule has 0 bridgehead atoms. The van der Waals surface area contributed by atoms with Gasteiger partial charge in [0.2, 0.25) is 0 Å². The quantitative estimate of drug-likeness (QED) is 0.900. The standard InChI is InChI=1S/C17H26N2O/c18-16-8-7-15(14-5-2-1-3-6-14)13-17(16)19-9-4-11-20-12-10-19/h1-3,5-6,15-17H,4,7-13,18H2. The molecule has 1 saturated heterocycles. The normalized spacial score (nSPS) is 32.8. The first-order valence-corrected chi connectivity index (χ1v) is 7.97. The predicted molar refractivity (Wildman–Crippen MR) is 81.8 cm³/mol. The Morgan fingerprint density at radius 1 is 1.05 bits per heavy atom. The summed E-state index contributed by atoms with van der Waals surface area (Å²) >= 11 is 0. The summed E-state index contributed by atoms with van der Waals surface area (Å²) in [7, 11) is 0. The van der Waals surface area contributed by atoms with E-state index in [1.54, 1.807) is 0 Å². The number of rotatable bonds is 2. The third-order valence-corrected chi connectivity index (χ3v) is 4.87. The molecule has 20 heavy (non-hydrogen) atoms. The molecule has 0 aromatic heterocycles. The van der Waals surface area contributed by atoms with Crippen molar-refractivity contribution in [2.75, 3.05) is 26.3 Å². The second-order valence-electron chi connectivity index (χ2n) is 6.15. The molecule has 3 rings (SSSR count). The lowest BCUT2D eigenvalue weighted by atomic mass is 9.78. The molecule has 3 nitrogen and oxygen atoms in total. The van der Waals surface area contributed by atoms with Crippen LogP contribution in [0.25, 0.3) is 0 Å². The highest BCUT2D eigenvalue weighted by Gasteiger charge is 2.33. The molecule has 1 aliphatic heterocycles. The lowest BCUT2D eigenvalue weighted by molar-refractivity contribution is 0.108. The van der Waals surface area contributed by atoms with Crippen LogP contribution in [0.4, 0.5) is 0 Å². The van der Waals surface area contributed by atoms with Crippen molar-refractivity contribution in [3.63, 3.8) is 0 Å². The van der Waals surface area contributed by atoms with Crippen molar-refractivity contribution in [2.45, 2.75) is 43.7 Å². The summed E-state index contributed by atoms with van der Waals surface area (Å²) < 4.78 is 5.58. The predicted octanol–water partition coefficient (Wildman–Crippen LogP) is 2.37. The molecule has 3 atom stereocenters. The van der Waals surface area contributed by atoms with E-state index in [4.69, 9.17) is 10.5 Å². The average molecular weight is 274 g/mol. The maximum Gasteiger partial charge on any atom is 0.0593 e. The number of nitrogens with two attached hydrogens (primary N) is 1. The average Bonchev–Trinajstić information content (AvgIpc) is 2.78. The number of benzene rings is 1. The number of nitrogens with zero attached hydrogens (tertiary/aromatic N) is 1. The zero-order valence-corrected chi connectivity index (χ0v) is 12.2. The fourth-order valence-electron chi connectivity index (χ4n) is 3.72. The third kappa shape index (κ3) is 3.22. The second-order valence-corrected chi connectivity index (χ2v) is 6.15. The van der Waals surface area contributed by atoms with Crippen LogP contribution < -0.4 is 5.73 Å². The van der Waals surface area contributed by atoms with Crippen LogP contribution in [0.2, 0.25) is 0 Å². The van der Waals surface area contributed by atoms with E-state index < -0.39 is 0 Å². The van der Waals surface area contributed by atoms with Gasteiger partial charge in [-0.25, -0.2) is 0 Å². The monoisotopic (exact) mass is 274 g/mol. The first-order chi connectivity index (χ1) is 9.84. The van der Waals surface area contributed by atoms with Gasteiger partial charge in [-0.05, 0) is 37.2 Å². The molecule has 1 aromatic carbocycles. The van der Waals surface area contributed by atoms with Gasteiger partial charge in [0.05, 0.1) is 6.61 Å². The van der Waals surface area contributed by atoms with Crippen molar-refractivity contribution in [3.8, 4) is 0 Å². The van der Waals surface area contributed by atoms with Gasteiger partial charge < -0.3 is 10.5 Å². The van der Waals surface area contributed by atoms with Crippen molar-refractivity contribution in [2.24, 2.45) is 5.73 Å². The van der Waals surface area contributed by atoms with Crippen molar-refractivity contribution in [3.05, 3.63) is 35.9 Å². The Hall–Kier alpha value is -0.900. The van der Waals surface area contributed by atoms with E-state index in [-0.39, 0.29) is 0 Å². The lowest BCUT2D eigenvalue weighted by Crippen LogP contribution is -2.51. The van der Waals surface area contributed by atoms with E-state index in [9.17, 15) is 0 Å². The molecule has 1 aliphatic carbocycles. The first-order valence-electron chi connectivity index (χ1n) is 7.97. The van der Waals surface area contributed by atoms with Crippen LogP contribution in [0.15, 0.2) is 30.3 Å². The van der Waals surface area contributed by atoms with E-state index in [0.29, 0.717) is 18.0 Å². The molecule has 2 N–H and O–H groups in total. The minimum absolute atomic E-state index is 0.327. The molecule has 0 amide bonds. The van der Waals surface area contributed by atoms with Crippen LogP contribution in [-0.2, 0) is 4.74 Å². The SMILES string of the molecule is NC1CCC(c2ccccc2)CC1N1CCCOCC1. The van der Waals surface area contributed by atoms with Gasteiger partial charge in [0.25, 0.3) is 0 Å². The Bertz CT molecular complexity index is 401. The maximum atomic E-state index is 6.42. The van der Waals surface area contributed by atoms with E-state index in [2.05, 4.69) is 35.2 Å². The molecule has 1 aromatic rings. The highest BCUT2D eigenvalue weighted by atomic mass is 16.5. The molecule has 1 saturated carbocycles. The largest absolute Gasteiger partial charge is 0.380 e. The third-order valence-electron chi connectivity index (χ3n) is 4.87. The molecule has 110 valence electrons.